The molecular formula is C14H28N2. The Hall–Kier alpha value is -0.0800. The van der Waals surface area contributed by atoms with E-state index in [1.54, 1.807) is 0 Å². The van der Waals surface area contributed by atoms with Crippen LogP contribution in [0.3, 0.4) is 0 Å². The van der Waals surface area contributed by atoms with E-state index in [9.17, 15) is 0 Å². The molecule has 2 unspecified atom stereocenters. The van der Waals surface area contributed by atoms with Crippen molar-refractivity contribution in [1.82, 2.24) is 4.90 Å². The maximum absolute atomic E-state index is 6.13. The summed E-state index contributed by atoms with van der Waals surface area (Å²) in [5.41, 5.74) is 6.13. The fourth-order valence-corrected chi connectivity index (χ4v) is 3.58. The second-order valence-corrected chi connectivity index (χ2v) is 6.08. The average molecular weight is 224 g/mol. The van der Waals surface area contributed by atoms with E-state index in [1.165, 1.54) is 64.5 Å². The van der Waals surface area contributed by atoms with E-state index in [0.29, 0.717) is 6.04 Å². The first-order valence-corrected chi connectivity index (χ1v) is 7.20. The van der Waals surface area contributed by atoms with Gasteiger partial charge in [0.1, 0.15) is 0 Å². The standard InChI is InChI=1S/C14H28N2/c1-16(10-12-6-3-2-4-7-12)11-13-8-5-9-14(13)15/h12-14H,2-11,15H2,1H3. The van der Waals surface area contributed by atoms with Crippen molar-refractivity contribution >= 4 is 0 Å². The molecule has 0 aromatic carbocycles. The maximum Gasteiger partial charge on any atom is 0.00793 e. The molecule has 2 atom stereocenters. The average Bonchev–Trinajstić information content (AvgIpc) is 2.66. The molecule has 2 aliphatic rings. The van der Waals surface area contributed by atoms with Gasteiger partial charge in [0.25, 0.3) is 0 Å². The number of hydrogen-bond acceptors (Lipinski definition) is 2. The van der Waals surface area contributed by atoms with Crippen molar-refractivity contribution in [3.05, 3.63) is 0 Å². The van der Waals surface area contributed by atoms with Crippen LogP contribution in [0.2, 0.25) is 0 Å². The van der Waals surface area contributed by atoms with Crippen molar-refractivity contribution in [2.45, 2.75) is 57.4 Å². The summed E-state index contributed by atoms with van der Waals surface area (Å²) in [5.74, 6) is 1.74. The van der Waals surface area contributed by atoms with Gasteiger partial charge >= 0.3 is 0 Å². The van der Waals surface area contributed by atoms with E-state index in [-0.39, 0.29) is 0 Å². The molecule has 94 valence electrons. The lowest BCUT2D eigenvalue weighted by Crippen LogP contribution is -2.36. The number of rotatable bonds is 4. The molecule has 2 fully saturated rings. The zero-order valence-corrected chi connectivity index (χ0v) is 10.8. The van der Waals surface area contributed by atoms with Gasteiger partial charge in [-0.25, -0.2) is 0 Å². The van der Waals surface area contributed by atoms with Gasteiger partial charge in [-0.1, -0.05) is 25.7 Å². The molecule has 2 N–H and O–H groups in total. The Morgan fingerprint density at radius 2 is 1.69 bits per heavy atom. The summed E-state index contributed by atoms with van der Waals surface area (Å²) < 4.78 is 0. The molecule has 0 radical (unpaired) electrons. The minimum atomic E-state index is 0.480. The van der Waals surface area contributed by atoms with Gasteiger partial charge in [-0.15, -0.1) is 0 Å². The Labute approximate surface area is 101 Å². The molecule has 2 aliphatic carbocycles. The lowest BCUT2D eigenvalue weighted by molar-refractivity contribution is 0.203. The summed E-state index contributed by atoms with van der Waals surface area (Å²) in [4.78, 5) is 2.55. The van der Waals surface area contributed by atoms with Gasteiger partial charge < -0.3 is 10.6 Å². The first-order chi connectivity index (χ1) is 7.75. The van der Waals surface area contributed by atoms with E-state index in [4.69, 9.17) is 5.73 Å². The van der Waals surface area contributed by atoms with Crippen LogP contribution in [-0.4, -0.2) is 31.1 Å². The molecule has 16 heavy (non-hydrogen) atoms. The predicted octanol–water partition coefficient (Wildman–Crippen LogP) is 2.63. The van der Waals surface area contributed by atoms with E-state index in [1.807, 2.05) is 0 Å². The molecule has 0 heterocycles. The van der Waals surface area contributed by atoms with Crippen molar-refractivity contribution < 1.29 is 0 Å². The highest BCUT2D eigenvalue weighted by Gasteiger charge is 2.25. The van der Waals surface area contributed by atoms with Crippen LogP contribution in [-0.2, 0) is 0 Å². The van der Waals surface area contributed by atoms with E-state index in [0.717, 1.165) is 11.8 Å². The third-order valence-corrected chi connectivity index (χ3v) is 4.56. The van der Waals surface area contributed by atoms with Crippen LogP contribution < -0.4 is 5.73 Å². The third-order valence-electron chi connectivity index (χ3n) is 4.56. The topological polar surface area (TPSA) is 29.3 Å². The number of hydrogen-bond donors (Lipinski definition) is 1. The van der Waals surface area contributed by atoms with Crippen LogP contribution >= 0.6 is 0 Å². The Balaban J connectivity index is 1.68. The molecule has 2 nitrogen and oxygen atoms in total. The Morgan fingerprint density at radius 3 is 2.31 bits per heavy atom. The minimum absolute atomic E-state index is 0.480. The summed E-state index contributed by atoms with van der Waals surface area (Å²) in [5, 5.41) is 0. The molecule has 0 aliphatic heterocycles. The zero-order chi connectivity index (χ0) is 11.4. The normalized spacial score (nSPS) is 32.4. The molecule has 0 bridgehead atoms. The highest BCUT2D eigenvalue weighted by atomic mass is 15.1. The van der Waals surface area contributed by atoms with Crippen LogP contribution in [0.5, 0.6) is 0 Å². The summed E-state index contributed by atoms with van der Waals surface area (Å²) in [6, 6.07) is 0.480. The molecule has 0 amide bonds. The Morgan fingerprint density at radius 1 is 0.938 bits per heavy atom. The quantitative estimate of drug-likeness (QED) is 0.795. The van der Waals surface area contributed by atoms with Crippen molar-refractivity contribution in [2.75, 3.05) is 20.1 Å². The molecule has 2 rings (SSSR count). The molecule has 0 aromatic heterocycles. The largest absolute Gasteiger partial charge is 0.327 e. The fourth-order valence-electron chi connectivity index (χ4n) is 3.58. The van der Waals surface area contributed by atoms with E-state index >= 15 is 0 Å². The highest BCUT2D eigenvalue weighted by molar-refractivity contribution is 4.82. The van der Waals surface area contributed by atoms with Gasteiger partial charge in [-0.05, 0) is 44.6 Å². The molecule has 0 aromatic rings. The van der Waals surface area contributed by atoms with Crippen molar-refractivity contribution in [1.29, 1.82) is 0 Å². The maximum atomic E-state index is 6.13. The summed E-state index contributed by atoms with van der Waals surface area (Å²) >= 11 is 0. The van der Waals surface area contributed by atoms with Gasteiger partial charge in [-0.3, -0.25) is 0 Å². The smallest absolute Gasteiger partial charge is 0.00793 e. The molecule has 2 heteroatoms. The van der Waals surface area contributed by atoms with Crippen LogP contribution in [0.1, 0.15) is 51.4 Å². The van der Waals surface area contributed by atoms with Gasteiger partial charge in [-0.2, -0.15) is 0 Å². The molecule has 0 saturated heterocycles. The zero-order valence-electron chi connectivity index (χ0n) is 10.8. The Bertz CT molecular complexity index is 199. The first-order valence-electron chi connectivity index (χ1n) is 7.20. The van der Waals surface area contributed by atoms with Gasteiger partial charge in [0, 0.05) is 19.1 Å². The predicted molar refractivity (Wildman–Crippen MR) is 69.4 cm³/mol. The SMILES string of the molecule is CN(CC1CCCCC1)CC1CCCC1N. The lowest BCUT2D eigenvalue weighted by atomic mass is 9.89. The van der Waals surface area contributed by atoms with Crippen LogP contribution in [0, 0.1) is 11.8 Å². The number of nitrogens with zero attached hydrogens (tertiary/aromatic N) is 1. The molecular weight excluding hydrogens is 196 g/mol. The molecule has 2 saturated carbocycles. The lowest BCUT2D eigenvalue weighted by Gasteiger charge is -2.29. The number of nitrogens with two attached hydrogens (primary N) is 1. The Kier molecular flexibility index (Phi) is 4.66. The second kappa shape index (κ2) is 6.02. The van der Waals surface area contributed by atoms with Gasteiger partial charge in [0.15, 0.2) is 0 Å². The summed E-state index contributed by atoms with van der Waals surface area (Å²) in [6.45, 7) is 2.54. The van der Waals surface area contributed by atoms with E-state index < -0.39 is 0 Å². The third kappa shape index (κ3) is 3.46. The molecule has 0 spiro atoms. The minimum Gasteiger partial charge on any atom is -0.327 e. The summed E-state index contributed by atoms with van der Waals surface area (Å²) in [7, 11) is 2.29. The fraction of sp³-hybridized carbons (Fsp3) is 1.00. The summed E-state index contributed by atoms with van der Waals surface area (Å²) in [6.07, 6.45) is 11.3. The second-order valence-electron chi connectivity index (χ2n) is 6.08. The van der Waals surface area contributed by atoms with Crippen LogP contribution in [0.25, 0.3) is 0 Å². The van der Waals surface area contributed by atoms with Crippen molar-refractivity contribution in [3.8, 4) is 0 Å². The van der Waals surface area contributed by atoms with Crippen LogP contribution in [0.15, 0.2) is 0 Å². The van der Waals surface area contributed by atoms with Gasteiger partial charge in [0.05, 0.1) is 0 Å². The van der Waals surface area contributed by atoms with Gasteiger partial charge in [0.2, 0.25) is 0 Å². The highest BCUT2D eigenvalue weighted by Crippen LogP contribution is 2.27. The monoisotopic (exact) mass is 224 g/mol. The van der Waals surface area contributed by atoms with Crippen LogP contribution in [0.4, 0.5) is 0 Å². The van der Waals surface area contributed by atoms with Crippen molar-refractivity contribution in [3.63, 3.8) is 0 Å². The van der Waals surface area contributed by atoms with E-state index in [2.05, 4.69) is 11.9 Å². The first kappa shape index (κ1) is 12.4. The van der Waals surface area contributed by atoms with Crippen molar-refractivity contribution in [2.24, 2.45) is 17.6 Å².